The zero-order chi connectivity index (χ0) is 25.9. The minimum Gasteiger partial charge on any atom is -0.459 e. The second kappa shape index (κ2) is 10.3. The SMILES string of the molecule is CCc1nc2ccc(C(=O)N3CCN(C(=O)c4ccco4)CC3)cn2c1N(C)C(=O)Cc1ccccc1. The van der Waals surface area contributed by atoms with Gasteiger partial charge in [-0.25, -0.2) is 4.98 Å². The van der Waals surface area contributed by atoms with Crippen LogP contribution in [0.25, 0.3) is 5.65 Å². The van der Waals surface area contributed by atoms with Crippen LogP contribution in [0, 0.1) is 0 Å². The monoisotopic (exact) mass is 499 g/mol. The summed E-state index contributed by atoms with van der Waals surface area (Å²) in [6.07, 6.45) is 4.15. The summed E-state index contributed by atoms with van der Waals surface area (Å²) in [5.74, 6) is 0.620. The molecule has 0 unspecified atom stereocenters. The molecule has 37 heavy (non-hydrogen) atoms. The highest BCUT2D eigenvalue weighted by molar-refractivity contribution is 5.96. The van der Waals surface area contributed by atoms with Gasteiger partial charge in [0.2, 0.25) is 5.91 Å². The minimum atomic E-state index is -0.170. The molecule has 0 radical (unpaired) electrons. The summed E-state index contributed by atoms with van der Waals surface area (Å²) in [7, 11) is 1.75. The van der Waals surface area contributed by atoms with Crippen LogP contribution in [0.2, 0.25) is 0 Å². The van der Waals surface area contributed by atoms with Gasteiger partial charge in [-0.2, -0.15) is 0 Å². The number of piperazine rings is 1. The number of rotatable bonds is 6. The predicted octanol–water partition coefficient (Wildman–Crippen LogP) is 3.29. The Morgan fingerprint density at radius 1 is 0.919 bits per heavy atom. The molecule has 0 spiro atoms. The van der Waals surface area contributed by atoms with Crippen LogP contribution in [0.5, 0.6) is 0 Å². The molecule has 1 aromatic carbocycles. The quantitative estimate of drug-likeness (QED) is 0.406. The Kier molecular flexibility index (Phi) is 6.76. The van der Waals surface area contributed by atoms with Crippen molar-refractivity contribution in [3.63, 3.8) is 0 Å². The van der Waals surface area contributed by atoms with Gasteiger partial charge >= 0.3 is 0 Å². The van der Waals surface area contributed by atoms with Crippen molar-refractivity contribution in [1.29, 1.82) is 0 Å². The fourth-order valence-corrected chi connectivity index (χ4v) is 4.66. The van der Waals surface area contributed by atoms with Gasteiger partial charge in [-0.1, -0.05) is 37.3 Å². The number of hydrogen-bond donors (Lipinski definition) is 0. The first-order valence-electron chi connectivity index (χ1n) is 12.4. The third-order valence-corrected chi connectivity index (χ3v) is 6.72. The minimum absolute atomic E-state index is 0.0585. The Labute approximate surface area is 214 Å². The smallest absolute Gasteiger partial charge is 0.289 e. The van der Waals surface area contributed by atoms with Crippen molar-refractivity contribution in [1.82, 2.24) is 19.2 Å². The number of carbonyl (C=O) groups is 3. The molecule has 5 rings (SSSR count). The highest BCUT2D eigenvalue weighted by atomic mass is 16.3. The van der Waals surface area contributed by atoms with E-state index in [0.29, 0.717) is 55.4 Å². The van der Waals surface area contributed by atoms with Crippen LogP contribution < -0.4 is 4.90 Å². The van der Waals surface area contributed by atoms with Crippen molar-refractivity contribution in [3.8, 4) is 0 Å². The first-order chi connectivity index (χ1) is 18.0. The van der Waals surface area contributed by atoms with Crippen LogP contribution in [-0.2, 0) is 17.6 Å². The van der Waals surface area contributed by atoms with Gasteiger partial charge in [-0.15, -0.1) is 0 Å². The maximum absolute atomic E-state index is 13.4. The molecule has 9 nitrogen and oxygen atoms in total. The Bertz CT molecular complexity index is 1420. The molecule has 3 amide bonds. The van der Waals surface area contributed by atoms with E-state index in [1.165, 1.54) is 6.26 Å². The molecule has 190 valence electrons. The average Bonchev–Trinajstić information content (AvgIpc) is 3.60. The predicted molar refractivity (Wildman–Crippen MR) is 139 cm³/mol. The van der Waals surface area contributed by atoms with Gasteiger partial charge in [0.05, 0.1) is 23.9 Å². The molecule has 0 atom stereocenters. The second-order valence-electron chi connectivity index (χ2n) is 9.06. The average molecular weight is 500 g/mol. The Morgan fingerprint density at radius 3 is 2.27 bits per heavy atom. The van der Waals surface area contributed by atoms with E-state index in [-0.39, 0.29) is 24.1 Å². The lowest BCUT2D eigenvalue weighted by Crippen LogP contribution is -2.50. The van der Waals surface area contributed by atoms with E-state index in [2.05, 4.69) is 0 Å². The number of carbonyl (C=O) groups excluding carboxylic acids is 3. The van der Waals surface area contributed by atoms with Crippen LogP contribution in [0.4, 0.5) is 5.82 Å². The van der Waals surface area contributed by atoms with E-state index in [1.54, 1.807) is 46.1 Å². The number of likely N-dealkylation sites (N-methyl/N-ethyl adjacent to an activating group) is 1. The molecule has 1 aliphatic rings. The first kappa shape index (κ1) is 24.3. The van der Waals surface area contributed by atoms with Gasteiger partial charge in [0.1, 0.15) is 11.5 Å². The van der Waals surface area contributed by atoms with Gasteiger partial charge in [-0.05, 0) is 36.2 Å². The van der Waals surface area contributed by atoms with Crippen molar-refractivity contribution in [2.24, 2.45) is 0 Å². The van der Waals surface area contributed by atoms with E-state index in [4.69, 9.17) is 9.40 Å². The van der Waals surface area contributed by atoms with E-state index in [0.717, 1.165) is 11.3 Å². The van der Waals surface area contributed by atoms with E-state index >= 15 is 0 Å². The summed E-state index contributed by atoms with van der Waals surface area (Å²) < 4.78 is 7.04. The topological polar surface area (TPSA) is 91.4 Å². The molecule has 0 bridgehead atoms. The van der Waals surface area contributed by atoms with Crippen molar-refractivity contribution in [2.45, 2.75) is 19.8 Å². The van der Waals surface area contributed by atoms with Crippen LogP contribution in [-0.4, -0.2) is 70.1 Å². The van der Waals surface area contributed by atoms with Gasteiger partial charge < -0.3 is 14.2 Å². The van der Waals surface area contributed by atoms with Gasteiger partial charge in [-0.3, -0.25) is 23.7 Å². The number of furan rings is 1. The highest BCUT2D eigenvalue weighted by Gasteiger charge is 2.27. The molecule has 9 heteroatoms. The van der Waals surface area contributed by atoms with E-state index in [1.807, 2.05) is 47.7 Å². The van der Waals surface area contributed by atoms with Crippen LogP contribution in [0.15, 0.2) is 71.5 Å². The lowest BCUT2D eigenvalue weighted by atomic mass is 10.1. The third kappa shape index (κ3) is 4.84. The Hall–Kier alpha value is -4.40. The second-order valence-corrected chi connectivity index (χ2v) is 9.06. The molecular formula is C28H29N5O4. The number of aromatic nitrogens is 2. The maximum atomic E-state index is 13.4. The molecular weight excluding hydrogens is 470 g/mol. The number of aryl methyl sites for hydroxylation is 1. The third-order valence-electron chi connectivity index (χ3n) is 6.72. The first-order valence-corrected chi connectivity index (χ1v) is 12.4. The van der Waals surface area contributed by atoms with Crippen molar-refractivity contribution in [3.05, 3.63) is 89.6 Å². The zero-order valence-electron chi connectivity index (χ0n) is 21.0. The molecule has 1 fully saturated rings. The summed E-state index contributed by atoms with van der Waals surface area (Å²) in [5.41, 5.74) is 2.91. The molecule has 4 aromatic rings. The number of pyridine rings is 1. The van der Waals surface area contributed by atoms with E-state index < -0.39 is 0 Å². The summed E-state index contributed by atoms with van der Waals surface area (Å²) >= 11 is 0. The molecule has 4 heterocycles. The summed E-state index contributed by atoms with van der Waals surface area (Å²) in [4.78, 5) is 48.8. The van der Waals surface area contributed by atoms with Crippen LogP contribution in [0.3, 0.4) is 0 Å². The number of imidazole rings is 1. The molecule has 0 aliphatic carbocycles. The molecule has 0 N–H and O–H groups in total. The number of hydrogen-bond acceptors (Lipinski definition) is 5. The molecule has 0 saturated carbocycles. The molecule has 1 saturated heterocycles. The lowest BCUT2D eigenvalue weighted by Gasteiger charge is -2.34. The van der Waals surface area contributed by atoms with E-state index in [9.17, 15) is 14.4 Å². The normalized spacial score (nSPS) is 13.7. The number of amides is 3. The fraction of sp³-hybridized carbons (Fsp3) is 0.286. The largest absolute Gasteiger partial charge is 0.459 e. The fourth-order valence-electron chi connectivity index (χ4n) is 4.66. The zero-order valence-corrected chi connectivity index (χ0v) is 21.0. The summed E-state index contributed by atoms with van der Waals surface area (Å²) in [6, 6.07) is 16.5. The summed E-state index contributed by atoms with van der Waals surface area (Å²) in [6.45, 7) is 3.71. The Balaban J connectivity index is 1.34. The van der Waals surface area contributed by atoms with Gasteiger partial charge in [0.15, 0.2) is 5.76 Å². The number of fused-ring (bicyclic) bond motifs is 1. The summed E-state index contributed by atoms with van der Waals surface area (Å²) in [5, 5.41) is 0. The van der Waals surface area contributed by atoms with Crippen LogP contribution in [0.1, 0.15) is 39.1 Å². The van der Waals surface area contributed by atoms with Crippen molar-refractivity contribution in [2.75, 3.05) is 38.1 Å². The lowest BCUT2D eigenvalue weighted by molar-refractivity contribution is -0.117. The number of nitrogens with zero attached hydrogens (tertiary/aromatic N) is 5. The standard InChI is InChI=1S/C28H29N5O4/c1-3-22-26(30(2)25(34)18-20-8-5-4-6-9-20)33-19-21(11-12-24(33)29-22)27(35)31-13-15-32(16-14-31)28(36)23-10-7-17-37-23/h4-12,17,19H,3,13-16,18H2,1-2H3. The molecule has 1 aliphatic heterocycles. The Morgan fingerprint density at radius 2 is 1.62 bits per heavy atom. The van der Waals surface area contributed by atoms with Gasteiger partial charge in [0.25, 0.3) is 11.8 Å². The molecule has 3 aromatic heterocycles. The number of anilines is 1. The van der Waals surface area contributed by atoms with Gasteiger partial charge in [0, 0.05) is 39.4 Å². The maximum Gasteiger partial charge on any atom is 0.289 e. The van der Waals surface area contributed by atoms with Crippen molar-refractivity contribution >= 4 is 29.2 Å². The van der Waals surface area contributed by atoms with Crippen molar-refractivity contribution < 1.29 is 18.8 Å². The van der Waals surface area contributed by atoms with Crippen LogP contribution >= 0.6 is 0 Å². The highest BCUT2D eigenvalue weighted by Crippen LogP contribution is 2.24. The number of benzene rings is 1.